The molecule has 0 radical (unpaired) electrons. The van der Waals surface area contributed by atoms with Crippen molar-refractivity contribution in [3.63, 3.8) is 0 Å². The summed E-state index contributed by atoms with van der Waals surface area (Å²) in [6.45, 7) is 0. The lowest BCUT2D eigenvalue weighted by molar-refractivity contribution is -0.107. The van der Waals surface area contributed by atoms with Gasteiger partial charge in [-0.3, -0.25) is 5.32 Å². The van der Waals surface area contributed by atoms with E-state index < -0.39 is 0 Å². The number of benzene rings is 1. The van der Waals surface area contributed by atoms with Crippen LogP contribution < -0.4 is 5.32 Å². The number of rotatable bonds is 4. The van der Waals surface area contributed by atoms with Gasteiger partial charge >= 0.3 is 6.01 Å². The molecule has 0 bridgehead atoms. The summed E-state index contributed by atoms with van der Waals surface area (Å²) < 4.78 is 5.58. The van der Waals surface area contributed by atoms with Crippen LogP contribution in [0.15, 0.2) is 47.0 Å². The first kappa shape index (κ1) is 11.4. The van der Waals surface area contributed by atoms with Gasteiger partial charge in [0.05, 0.1) is 0 Å². The molecule has 2 heterocycles. The Labute approximate surface area is 109 Å². The van der Waals surface area contributed by atoms with Crippen molar-refractivity contribution in [2.75, 3.05) is 5.32 Å². The summed E-state index contributed by atoms with van der Waals surface area (Å²) in [6, 6.07) is 11.4. The lowest BCUT2D eigenvalue weighted by Gasteiger charge is -1.97. The molecule has 0 fully saturated rings. The average molecular weight is 253 g/mol. The van der Waals surface area contributed by atoms with E-state index >= 15 is 0 Å². The van der Waals surface area contributed by atoms with Crippen LogP contribution in [0.2, 0.25) is 0 Å². The van der Waals surface area contributed by atoms with E-state index in [1.807, 2.05) is 36.4 Å². The van der Waals surface area contributed by atoms with Crippen molar-refractivity contribution in [2.45, 2.75) is 6.42 Å². The van der Waals surface area contributed by atoms with Gasteiger partial charge in [-0.05, 0) is 29.8 Å². The molecule has 0 saturated carbocycles. The fraction of sp³-hybridized carbons (Fsp3) is 0.0714. The van der Waals surface area contributed by atoms with Crippen molar-refractivity contribution < 1.29 is 9.21 Å². The third-order valence-corrected chi connectivity index (χ3v) is 2.67. The minimum absolute atomic E-state index is 0.375. The highest BCUT2D eigenvalue weighted by Crippen LogP contribution is 2.22. The van der Waals surface area contributed by atoms with Gasteiger partial charge in [0, 0.05) is 12.6 Å². The zero-order valence-corrected chi connectivity index (χ0v) is 10.0. The molecule has 0 aliphatic rings. The maximum Gasteiger partial charge on any atom is 0.301 e. The largest absolute Gasteiger partial charge is 0.423 e. The number of oxazole rings is 1. The van der Waals surface area contributed by atoms with Crippen LogP contribution in [0.25, 0.3) is 11.1 Å². The van der Waals surface area contributed by atoms with E-state index in [4.69, 9.17) is 4.42 Å². The number of anilines is 2. The summed E-state index contributed by atoms with van der Waals surface area (Å²) in [5.74, 6) is 0.669. The Morgan fingerprint density at radius 1 is 1.26 bits per heavy atom. The number of pyridine rings is 1. The highest BCUT2D eigenvalue weighted by Gasteiger charge is 2.07. The van der Waals surface area contributed by atoms with E-state index in [2.05, 4.69) is 15.3 Å². The molecule has 94 valence electrons. The molecule has 0 aliphatic heterocycles. The number of nitrogens with one attached hydrogen (secondary N) is 1. The van der Waals surface area contributed by atoms with Crippen LogP contribution in [0.5, 0.6) is 0 Å². The molecule has 0 aliphatic carbocycles. The summed E-state index contributed by atoms with van der Waals surface area (Å²) in [5.41, 5.74) is 2.30. The second-order valence-electron chi connectivity index (χ2n) is 4.03. The van der Waals surface area contributed by atoms with Gasteiger partial charge in [-0.1, -0.05) is 12.1 Å². The van der Waals surface area contributed by atoms with Gasteiger partial charge < -0.3 is 9.21 Å². The molecule has 5 heteroatoms. The van der Waals surface area contributed by atoms with Crippen molar-refractivity contribution in [1.29, 1.82) is 0 Å². The van der Waals surface area contributed by atoms with E-state index in [0.29, 0.717) is 23.8 Å². The summed E-state index contributed by atoms with van der Waals surface area (Å²) in [6.07, 6.45) is 2.93. The number of fused-ring (bicyclic) bond motifs is 1. The smallest absolute Gasteiger partial charge is 0.301 e. The number of hydrogen-bond donors (Lipinski definition) is 1. The number of aldehydes is 1. The zero-order chi connectivity index (χ0) is 13.1. The number of hydrogen-bond acceptors (Lipinski definition) is 5. The first-order chi connectivity index (χ1) is 9.35. The molecule has 2 aromatic heterocycles. The quantitative estimate of drug-likeness (QED) is 0.724. The Balaban J connectivity index is 1.91. The highest BCUT2D eigenvalue weighted by molar-refractivity contribution is 5.76. The van der Waals surface area contributed by atoms with Gasteiger partial charge in [-0.15, -0.1) is 0 Å². The number of carbonyl (C=O) groups excluding carboxylic acids is 1. The van der Waals surface area contributed by atoms with Crippen LogP contribution in [0.3, 0.4) is 0 Å². The Hall–Kier alpha value is -2.69. The average Bonchev–Trinajstić information content (AvgIpc) is 2.82. The summed E-state index contributed by atoms with van der Waals surface area (Å²) in [4.78, 5) is 18.9. The Bertz CT molecular complexity index is 707. The van der Waals surface area contributed by atoms with Gasteiger partial charge in [0.15, 0.2) is 5.58 Å². The van der Waals surface area contributed by atoms with Crippen molar-refractivity contribution in [1.82, 2.24) is 9.97 Å². The first-order valence-electron chi connectivity index (χ1n) is 5.86. The van der Waals surface area contributed by atoms with E-state index in [0.717, 1.165) is 17.4 Å². The molecular formula is C14H11N3O2. The maximum atomic E-state index is 10.5. The fourth-order valence-electron chi connectivity index (χ4n) is 1.79. The molecule has 0 saturated heterocycles. The number of aromatic nitrogens is 2. The second-order valence-corrected chi connectivity index (χ2v) is 4.03. The summed E-state index contributed by atoms with van der Waals surface area (Å²) in [5, 5.41) is 2.99. The first-order valence-corrected chi connectivity index (χ1v) is 5.86. The minimum Gasteiger partial charge on any atom is -0.423 e. The van der Waals surface area contributed by atoms with Crippen molar-refractivity contribution in [2.24, 2.45) is 0 Å². The molecule has 3 aromatic rings. The van der Waals surface area contributed by atoms with Crippen LogP contribution in [-0.4, -0.2) is 16.3 Å². The van der Waals surface area contributed by atoms with Crippen molar-refractivity contribution in [3.05, 3.63) is 48.2 Å². The van der Waals surface area contributed by atoms with E-state index in [9.17, 15) is 4.79 Å². The molecular weight excluding hydrogens is 242 g/mol. The van der Waals surface area contributed by atoms with Crippen LogP contribution in [0.4, 0.5) is 11.8 Å². The number of carbonyl (C=O) groups is 1. The molecule has 3 rings (SSSR count). The van der Waals surface area contributed by atoms with Gasteiger partial charge in [0.25, 0.3) is 0 Å². The summed E-state index contributed by atoms with van der Waals surface area (Å²) >= 11 is 0. The molecule has 0 atom stereocenters. The predicted octanol–water partition coefficient (Wildman–Crippen LogP) is 2.71. The lowest BCUT2D eigenvalue weighted by atomic mass is 10.1. The van der Waals surface area contributed by atoms with Gasteiger partial charge in [0.2, 0.25) is 0 Å². The third kappa shape index (κ3) is 2.44. The minimum atomic E-state index is 0.375. The normalized spacial score (nSPS) is 10.5. The number of nitrogens with zero attached hydrogens (tertiary/aromatic N) is 2. The van der Waals surface area contributed by atoms with Crippen molar-refractivity contribution in [3.8, 4) is 0 Å². The molecule has 0 unspecified atom stereocenters. The predicted molar refractivity (Wildman–Crippen MR) is 71.3 cm³/mol. The monoisotopic (exact) mass is 253 g/mol. The summed E-state index contributed by atoms with van der Waals surface area (Å²) in [7, 11) is 0. The molecule has 5 nitrogen and oxygen atoms in total. The van der Waals surface area contributed by atoms with E-state index in [1.165, 1.54) is 0 Å². The molecule has 1 N–H and O–H groups in total. The van der Waals surface area contributed by atoms with Crippen LogP contribution in [-0.2, 0) is 11.2 Å². The topological polar surface area (TPSA) is 68.0 Å². The van der Waals surface area contributed by atoms with E-state index in [-0.39, 0.29) is 0 Å². The Morgan fingerprint density at radius 3 is 3.00 bits per heavy atom. The van der Waals surface area contributed by atoms with Gasteiger partial charge in [0.1, 0.15) is 17.6 Å². The van der Waals surface area contributed by atoms with Crippen LogP contribution in [0, 0.1) is 0 Å². The zero-order valence-electron chi connectivity index (χ0n) is 10.0. The lowest BCUT2D eigenvalue weighted by Crippen LogP contribution is -1.91. The van der Waals surface area contributed by atoms with Gasteiger partial charge in [-0.2, -0.15) is 4.98 Å². The Morgan fingerprint density at radius 2 is 2.21 bits per heavy atom. The van der Waals surface area contributed by atoms with Crippen molar-refractivity contribution >= 4 is 29.2 Å². The molecule has 19 heavy (non-hydrogen) atoms. The SMILES string of the molecule is O=CCc1ccc2nc(Nc3ccccn3)oc2c1. The standard InChI is InChI=1S/C14H11N3O2/c18-8-6-10-4-5-11-12(9-10)19-14(16-11)17-13-3-1-2-7-15-13/h1-5,7-9H,6H2,(H,15,16,17). The molecule has 0 spiro atoms. The highest BCUT2D eigenvalue weighted by atomic mass is 16.4. The third-order valence-electron chi connectivity index (χ3n) is 2.67. The van der Waals surface area contributed by atoms with Crippen LogP contribution >= 0.6 is 0 Å². The van der Waals surface area contributed by atoms with Crippen LogP contribution in [0.1, 0.15) is 5.56 Å². The van der Waals surface area contributed by atoms with E-state index in [1.54, 1.807) is 6.20 Å². The van der Waals surface area contributed by atoms with Gasteiger partial charge in [-0.25, -0.2) is 4.98 Å². The molecule has 1 aromatic carbocycles. The Kier molecular flexibility index (Phi) is 2.94. The second kappa shape index (κ2) is 4.89. The molecule has 0 amide bonds. The maximum absolute atomic E-state index is 10.5. The fourth-order valence-corrected chi connectivity index (χ4v) is 1.79.